The predicted octanol–water partition coefficient (Wildman–Crippen LogP) is 2.98. The Bertz CT molecular complexity index is 162. The smallest absolute Gasteiger partial charge is 0.330 e. The Labute approximate surface area is 92.8 Å². The largest absolute Gasteiger partial charge is 0.478 e. The van der Waals surface area contributed by atoms with Gasteiger partial charge < -0.3 is 10.2 Å². The molecule has 0 aromatic carbocycles. The summed E-state index contributed by atoms with van der Waals surface area (Å²) in [5.74, 6) is -0.935. The van der Waals surface area contributed by atoms with E-state index in [1.54, 1.807) is 0 Å². The summed E-state index contributed by atoms with van der Waals surface area (Å²) < 4.78 is 0. The molecule has 0 heterocycles. The number of hydrogen-bond donors (Lipinski definition) is 2. The summed E-state index contributed by atoms with van der Waals surface area (Å²) in [7, 11) is 0. The van der Waals surface area contributed by atoms with Gasteiger partial charge in [0, 0.05) is 5.57 Å². The summed E-state index contributed by atoms with van der Waals surface area (Å²) >= 11 is 0. The Morgan fingerprint density at radius 3 is 2.07 bits per heavy atom. The summed E-state index contributed by atoms with van der Waals surface area (Å²) in [6, 6.07) is 0. The molecule has 3 nitrogen and oxygen atoms in total. The molecule has 0 bridgehead atoms. The normalized spacial score (nSPS) is 11.2. The Morgan fingerprint density at radius 2 is 1.80 bits per heavy atom. The van der Waals surface area contributed by atoms with E-state index in [4.69, 9.17) is 10.2 Å². The van der Waals surface area contributed by atoms with Gasteiger partial charge in [-0.25, -0.2) is 4.79 Å². The van der Waals surface area contributed by atoms with Crippen LogP contribution in [0.3, 0.4) is 0 Å². The van der Waals surface area contributed by atoms with Crippen LogP contribution in [0.2, 0.25) is 0 Å². The molecule has 0 saturated heterocycles. The molecule has 90 valence electrons. The highest BCUT2D eigenvalue weighted by Gasteiger charge is 1.93. The van der Waals surface area contributed by atoms with Crippen molar-refractivity contribution in [1.82, 2.24) is 0 Å². The van der Waals surface area contributed by atoms with Crippen molar-refractivity contribution >= 4 is 5.97 Å². The lowest BCUT2D eigenvalue weighted by molar-refractivity contribution is -0.132. The van der Waals surface area contributed by atoms with Crippen LogP contribution in [0, 0.1) is 0 Å². The average molecular weight is 216 g/mol. The first kappa shape index (κ1) is 16.6. The molecule has 0 spiro atoms. The standard InChI is InChI=1S/C8H18O.C4H6O2/c1-3-4-5-6-7-8(2)9;1-3(2)4(5)6/h8-9H,3-7H2,1-2H3;1H2,2H3,(H,5,6). The highest BCUT2D eigenvalue weighted by Crippen LogP contribution is 2.04. The molecule has 0 saturated carbocycles. The van der Waals surface area contributed by atoms with Gasteiger partial charge in [-0.2, -0.15) is 0 Å². The van der Waals surface area contributed by atoms with Gasteiger partial charge in [-0.3, -0.25) is 0 Å². The number of carboxylic acids is 1. The Hall–Kier alpha value is -0.830. The van der Waals surface area contributed by atoms with Crippen LogP contribution < -0.4 is 0 Å². The summed E-state index contributed by atoms with van der Waals surface area (Å²) in [6.07, 6.45) is 5.93. The average Bonchev–Trinajstić information content (AvgIpc) is 2.13. The van der Waals surface area contributed by atoms with E-state index < -0.39 is 5.97 Å². The van der Waals surface area contributed by atoms with E-state index in [1.807, 2.05) is 6.92 Å². The molecule has 0 aliphatic carbocycles. The topological polar surface area (TPSA) is 57.5 Å². The second-order valence-electron chi connectivity index (χ2n) is 3.78. The summed E-state index contributed by atoms with van der Waals surface area (Å²) in [5.41, 5.74) is 0.176. The molecule has 0 radical (unpaired) electrons. The fraction of sp³-hybridized carbons (Fsp3) is 0.750. The number of carboxylic acid groups (broad SMARTS) is 1. The van der Waals surface area contributed by atoms with Gasteiger partial charge in [-0.05, 0) is 20.3 Å². The highest BCUT2D eigenvalue weighted by atomic mass is 16.4. The Balaban J connectivity index is 0. The molecular weight excluding hydrogens is 192 g/mol. The van der Waals surface area contributed by atoms with Gasteiger partial charge in [0.25, 0.3) is 0 Å². The van der Waals surface area contributed by atoms with Gasteiger partial charge in [0.1, 0.15) is 0 Å². The van der Waals surface area contributed by atoms with Crippen LogP contribution in [0.1, 0.15) is 52.9 Å². The molecular formula is C12H24O3. The van der Waals surface area contributed by atoms with Crippen LogP contribution in [0.25, 0.3) is 0 Å². The number of hydrogen-bond acceptors (Lipinski definition) is 2. The molecule has 2 N–H and O–H groups in total. The second kappa shape index (κ2) is 11.2. The predicted molar refractivity (Wildman–Crippen MR) is 62.9 cm³/mol. The van der Waals surface area contributed by atoms with Crippen LogP contribution >= 0.6 is 0 Å². The number of aliphatic carboxylic acids is 1. The van der Waals surface area contributed by atoms with E-state index in [-0.39, 0.29) is 11.7 Å². The van der Waals surface area contributed by atoms with Gasteiger partial charge >= 0.3 is 5.97 Å². The van der Waals surface area contributed by atoms with E-state index in [9.17, 15) is 4.79 Å². The lowest BCUT2D eigenvalue weighted by Gasteiger charge is -2.01. The highest BCUT2D eigenvalue weighted by molar-refractivity contribution is 5.84. The van der Waals surface area contributed by atoms with Crippen molar-refractivity contribution in [2.24, 2.45) is 0 Å². The van der Waals surface area contributed by atoms with Crippen molar-refractivity contribution in [1.29, 1.82) is 0 Å². The molecule has 0 rings (SSSR count). The Kier molecular flexibility index (Phi) is 12.4. The van der Waals surface area contributed by atoms with Gasteiger partial charge in [-0.1, -0.05) is 39.2 Å². The lowest BCUT2D eigenvalue weighted by atomic mass is 10.1. The van der Waals surface area contributed by atoms with Crippen LogP contribution in [0.4, 0.5) is 0 Å². The number of rotatable bonds is 6. The first-order valence-corrected chi connectivity index (χ1v) is 5.48. The van der Waals surface area contributed by atoms with Crippen LogP contribution in [-0.4, -0.2) is 22.3 Å². The zero-order valence-electron chi connectivity index (χ0n) is 10.1. The molecule has 1 atom stereocenters. The fourth-order valence-corrected chi connectivity index (χ4v) is 0.867. The van der Waals surface area contributed by atoms with E-state index in [0.717, 1.165) is 6.42 Å². The quantitative estimate of drug-likeness (QED) is 0.530. The van der Waals surface area contributed by atoms with Crippen molar-refractivity contribution in [3.8, 4) is 0 Å². The molecule has 0 aromatic heterocycles. The molecule has 0 fully saturated rings. The first-order valence-electron chi connectivity index (χ1n) is 5.48. The molecule has 0 aliphatic heterocycles. The minimum Gasteiger partial charge on any atom is -0.478 e. The van der Waals surface area contributed by atoms with Gasteiger partial charge in [0.2, 0.25) is 0 Å². The third-order valence-corrected chi connectivity index (χ3v) is 1.84. The maximum Gasteiger partial charge on any atom is 0.330 e. The van der Waals surface area contributed by atoms with Crippen molar-refractivity contribution in [3.63, 3.8) is 0 Å². The van der Waals surface area contributed by atoms with Crippen molar-refractivity contribution in [2.45, 2.75) is 59.0 Å². The second-order valence-corrected chi connectivity index (χ2v) is 3.78. The van der Waals surface area contributed by atoms with E-state index in [2.05, 4.69) is 13.5 Å². The minimum absolute atomic E-state index is 0.0955. The molecule has 0 aliphatic rings. The summed E-state index contributed by atoms with van der Waals surface area (Å²) in [5, 5.41) is 16.7. The van der Waals surface area contributed by atoms with Crippen LogP contribution in [0.15, 0.2) is 12.2 Å². The van der Waals surface area contributed by atoms with Gasteiger partial charge in [0.15, 0.2) is 0 Å². The molecule has 15 heavy (non-hydrogen) atoms. The fourth-order valence-electron chi connectivity index (χ4n) is 0.867. The zero-order valence-corrected chi connectivity index (χ0v) is 10.1. The lowest BCUT2D eigenvalue weighted by Crippen LogP contribution is -1.97. The monoisotopic (exact) mass is 216 g/mol. The third kappa shape index (κ3) is 19.5. The van der Waals surface area contributed by atoms with E-state index in [0.29, 0.717) is 0 Å². The maximum atomic E-state index is 9.60. The summed E-state index contributed by atoms with van der Waals surface area (Å²) in [6.45, 7) is 8.65. The van der Waals surface area contributed by atoms with Crippen LogP contribution in [0.5, 0.6) is 0 Å². The Morgan fingerprint density at radius 1 is 1.33 bits per heavy atom. The van der Waals surface area contributed by atoms with Gasteiger partial charge in [0.05, 0.1) is 6.10 Å². The number of aliphatic hydroxyl groups is 1. The number of unbranched alkanes of at least 4 members (excludes halogenated alkanes) is 3. The van der Waals surface area contributed by atoms with Crippen molar-refractivity contribution < 1.29 is 15.0 Å². The number of aliphatic hydroxyl groups excluding tert-OH is 1. The van der Waals surface area contributed by atoms with Crippen LogP contribution in [-0.2, 0) is 4.79 Å². The molecule has 0 amide bonds. The van der Waals surface area contributed by atoms with Crippen molar-refractivity contribution in [3.05, 3.63) is 12.2 Å². The first-order chi connectivity index (χ1) is 6.91. The molecule has 0 aromatic rings. The molecule has 1 unspecified atom stereocenters. The number of carbonyl (C=O) groups is 1. The SMILES string of the molecule is C=C(C)C(=O)O.CCCCCCC(C)O. The summed E-state index contributed by atoms with van der Waals surface area (Å²) in [4.78, 5) is 9.60. The molecule has 3 heteroatoms. The van der Waals surface area contributed by atoms with Gasteiger partial charge in [-0.15, -0.1) is 0 Å². The third-order valence-electron chi connectivity index (χ3n) is 1.84. The minimum atomic E-state index is -0.935. The maximum absolute atomic E-state index is 9.60. The zero-order chi connectivity index (χ0) is 12.3. The van der Waals surface area contributed by atoms with Crippen molar-refractivity contribution in [2.75, 3.05) is 0 Å². The van der Waals surface area contributed by atoms with E-state index >= 15 is 0 Å². The van der Waals surface area contributed by atoms with E-state index in [1.165, 1.54) is 32.6 Å².